The van der Waals surface area contributed by atoms with Gasteiger partial charge in [-0.3, -0.25) is 14.9 Å². The van der Waals surface area contributed by atoms with E-state index in [2.05, 4.69) is 21.2 Å². The van der Waals surface area contributed by atoms with Gasteiger partial charge in [-0.15, -0.1) is 0 Å². The predicted octanol–water partition coefficient (Wildman–Crippen LogP) is 4.52. The van der Waals surface area contributed by atoms with E-state index >= 15 is 0 Å². The molecule has 1 saturated heterocycles. The number of anilines is 2. The SMILES string of the molecule is Cc1cc(Br)ccc1NC(=O)C1CCN(c2ccccc2[N+](=O)[O-])CC1. The molecule has 0 radical (unpaired) electrons. The third-order valence-electron chi connectivity index (χ3n) is 4.73. The molecule has 0 atom stereocenters. The summed E-state index contributed by atoms with van der Waals surface area (Å²) in [7, 11) is 0. The van der Waals surface area contributed by atoms with Crippen LogP contribution >= 0.6 is 15.9 Å². The molecule has 3 rings (SSSR count). The largest absolute Gasteiger partial charge is 0.366 e. The molecule has 0 spiro atoms. The van der Waals surface area contributed by atoms with Crippen LogP contribution in [0.3, 0.4) is 0 Å². The number of nitrogens with zero attached hydrogens (tertiary/aromatic N) is 2. The van der Waals surface area contributed by atoms with Gasteiger partial charge in [0.25, 0.3) is 5.69 Å². The van der Waals surface area contributed by atoms with Crippen molar-refractivity contribution in [2.24, 2.45) is 5.92 Å². The topological polar surface area (TPSA) is 75.5 Å². The highest BCUT2D eigenvalue weighted by atomic mass is 79.9. The number of hydrogen-bond donors (Lipinski definition) is 1. The minimum absolute atomic E-state index is 0.0117. The van der Waals surface area contributed by atoms with Gasteiger partial charge >= 0.3 is 0 Å². The Labute approximate surface area is 160 Å². The summed E-state index contributed by atoms with van der Waals surface area (Å²) >= 11 is 3.42. The number of piperidine rings is 1. The minimum Gasteiger partial charge on any atom is -0.366 e. The first kappa shape index (κ1) is 18.4. The summed E-state index contributed by atoms with van der Waals surface area (Å²) in [6, 6.07) is 12.5. The van der Waals surface area contributed by atoms with Crippen LogP contribution in [0.25, 0.3) is 0 Å². The second kappa shape index (κ2) is 7.86. The van der Waals surface area contributed by atoms with E-state index in [1.54, 1.807) is 18.2 Å². The van der Waals surface area contributed by atoms with Crippen LogP contribution < -0.4 is 10.2 Å². The van der Waals surface area contributed by atoms with Gasteiger partial charge in [-0.2, -0.15) is 0 Å². The van der Waals surface area contributed by atoms with Gasteiger partial charge in [0.1, 0.15) is 5.69 Å². The van der Waals surface area contributed by atoms with Gasteiger partial charge in [0.15, 0.2) is 0 Å². The molecule has 2 aromatic rings. The van der Waals surface area contributed by atoms with E-state index in [1.807, 2.05) is 30.0 Å². The quantitative estimate of drug-likeness (QED) is 0.585. The smallest absolute Gasteiger partial charge is 0.292 e. The molecule has 0 saturated carbocycles. The third-order valence-corrected chi connectivity index (χ3v) is 5.22. The van der Waals surface area contributed by atoms with Crippen molar-refractivity contribution in [2.45, 2.75) is 19.8 Å². The number of nitrogens with one attached hydrogen (secondary N) is 1. The third kappa shape index (κ3) is 4.04. The van der Waals surface area contributed by atoms with Crippen LogP contribution in [0, 0.1) is 23.0 Å². The number of para-hydroxylation sites is 2. The van der Waals surface area contributed by atoms with E-state index in [9.17, 15) is 14.9 Å². The summed E-state index contributed by atoms with van der Waals surface area (Å²) in [5.74, 6) is -0.0744. The second-order valence-corrected chi connectivity index (χ2v) is 7.37. The number of aryl methyl sites for hydroxylation is 1. The first-order valence-electron chi connectivity index (χ1n) is 8.51. The molecule has 0 bridgehead atoms. The van der Waals surface area contributed by atoms with Gasteiger partial charge in [0.05, 0.1) is 4.92 Å². The van der Waals surface area contributed by atoms with E-state index in [4.69, 9.17) is 0 Å². The molecule has 136 valence electrons. The molecule has 1 fully saturated rings. The molecule has 1 amide bonds. The van der Waals surface area contributed by atoms with Crippen LogP contribution in [-0.2, 0) is 4.79 Å². The fourth-order valence-electron chi connectivity index (χ4n) is 3.27. The first-order valence-corrected chi connectivity index (χ1v) is 9.30. The van der Waals surface area contributed by atoms with Crippen LogP contribution in [0.1, 0.15) is 18.4 Å². The van der Waals surface area contributed by atoms with E-state index in [1.165, 1.54) is 6.07 Å². The normalized spacial score (nSPS) is 14.9. The fraction of sp³-hybridized carbons (Fsp3) is 0.316. The lowest BCUT2D eigenvalue weighted by atomic mass is 9.95. The molecule has 1 heterocycles. The van der Waals surface area contributed by atoms with Gasteiger partial charge in [0.2, 0.25) is 5.91 Å². The average Bonchev–Trinajstić information content (AvgIpc) is 2.64. The highest BCUT2D eigenvalue weighted by molar-refractivity contribution is 9.10. The zero-order valence-electron chi connectivity index (χ0n) is 14.4. The number of nitro benzene ring substituents is 1. The minimum atomic E-state index is -0.357. The Kier molecular flexibility index (Phi) is 5.56. The Morgan fingerprint density at radius 1 is 1.23 bits per heavy atom. The zero-order valence-corrected chi connectivity index (χ0v) is 16.0. The molecule has 0 unspecified atom stereocenters. The van der Waals surface area contributed by atoms with Gasteiger partial charge in [-0.05, 0) is 49.6 Å². The van der Waals surface area contributed by atoms with Crippen LogP contribution in [0.15, 0.2) is 46.9 Å². The highest BCUT2D eigenvalue weighted by Crippen LogP contribution is 2.31. The van der Waals surface area contributed by atoms with Crippen molar-refractivity contribution in [1.82, 2.24) is 0 Å². The van der Waals surface area contributed by atoms with Gasteiger partial charge in [-0.25, -0.2) is 0 Å². The monoisotopic (exact) mass is 417 g/mol. The van der Waals surface area contributed by atoms with Crippen LogP contribution in [0.2, 0.25) is 0 Å². The van der Waals surface area contributed by atoms with Crippen LogP contribution in [0.4, 0.5) is 17.1 Å². The van der Waals surface area contributed by atoms with Crippen molar-refractivity contribution in [1.29, 1.82) is 0 Å². The molecular formula is C19H20BrN3O3. The molecule has 1 aliphatic heterocycles. The van der Waals surface area contributed by atoms with Crippen molar-refractivity contribution in [2.75, 3.05) is 23.3 Å². The molecule has 1 N–H and O–H groups in total. The molecule has 1 aliphatic rings. The number of halogens is 1. The van der Waals surface area contributed by atoms with E-state index < -0.39 is 0 Å². The van der Waals surface area contributed by atoms with Crippen molar-refractivity contribution in [3.05, 3.63) is 62.6 Å². The molecule has 6 nitrogen and oxygen atoms in total. The van der Waals surface area contributed by atoms with Crippen molar-refractivity contribution >= 4 is 38.9 Å². The van der Waals surface area contributed by atoms with Crippen LogP contribution in [-0.4, -0.2) is 23.9 Å². The molecule has 2 aromatic carbocycles. The Balaban J connectivity index is 1.63. The standard InChI is InChI=1S/C19H20BrN3O3/c1-13-12-15(20)6-7-16(13)21-19(24)14-8-10-22(11-9-14)17-4-2-3-5-18(17)23(25)26/h2-7,12,14H,8-11H2,1H3,(H,21,24). The summed E-state index contributed by atoms with van der Waals surface area (Å²) in [6.07, 6.45) is 1.35. The fourth-order valence-corrected chi connectivity index (χ4v) is 3.75. The molecule has 7 heteroatoms. The number of amides is 1. The lowest BCUT2D eigenvalue weighted by Crippen LogP contribution is -2.38. The number of nitro groups is 1. The molecule has 26 heavy (non-hydrogen) atoms. The van der Waals surface area contributed by atoms with Gasteiger partial charge in [-0.1, -0.05) is 28.1 Å². The number of hydrogen-bond acceptors (Lipinski definition) is 4. The second-order valence-electron chi connectivity index (χ2n) is 6.46. The number of carbonyl (C=O) groups excluding carboxylic acids is 1. The lowest BCUT2D eigenvalue weighted by molar-refractivity contribution is -0.384. The number of rotatable bonds is 4. The summed E-state index contributed by atoms with van der Waals surface area (Å²) in [5.41, 5.74) is 2.56. The van der Waals surface area contributed by atoms with E-state index in [-0.39, 0.29) is 22.4 Å². The summed E-state index contributed by atoms with van der Waals surface area (Å²) in [5, 5.41) is 14.2. The maximum absolute atomic E-state index is 12.6. The maximum atomic E-state index is 12.6. The average molecular weight is 418 g/mol. The number of carbonyl (C=O) groups is 1. The van der Waals surface area contributed by atoms with Crippen molar-refractivity contribution in [3.63, 3.8) is 0 Å². The lowest BCUT2D eigenvalue weighted by Gasteiger charge is -2.32. The van der Waals surface area contributed by atoms with Crippen LogP contribution in [0.5, 0.6) is 0 Å². The highest BCUT2D eigenvalue weighted by Gasteiger charge is 2.28. The Morgan fingerprint density at radius 3 is 2.58 bits per heavy atom. The van der Waals surface area contributed by atoms with E-state index in [0.717, 1.165) is 15.7 Å². The van der Waals surface area contributed by atoms with E-state index in [0.29, 0.717) is 31.6 Å². The zero-order chi connectivity index (χ0) is 18.7. The van der Waals surface area contributed by atoms with Crippen molar-refractivity contribution < 1.29 is 9.72 Å². The molecule has 0 aromatic heterocycles. The Bertz CT molecular complexity index is 833. The maximum Gasteiger partial charge on any atom is 0.292 e. The first-order chi connectivity index (χ1) is 12.5. The molecule has 0 aliphatic carbocycles. The van der Waals surface area contributed by atoms with Crippen molar-refractivity contribution in [3.8, 4) is 0 Å². The van der Waals surface area contributed by atoms with Gasteiger partial charge in [0, 0.05) is 35.2 Å². The summed E-state index contributed by atoms with van der Waals surface area (Å²) in [6.45, 7) is 3.21. The van der Waals surface area contributed by atoms with Gasteiger partial charge < -0.3 is 10.2 Å². The Hall–Kier alpha value is -2.41. The summed E-state index contributed by atoms with van der Waals surface area (Å²) in [4.78, 5) is 25.4. The number of benzene rings is 2. The molecular weight excluding hydrogens is 398 g/mol. The Morgan fingerprint density at radius 2 is 1.92 bits per heavy atom. The predicted molar refractivity (Wildman–Crippen MR) is 106 cm³/mol. The summed E-state index contributed by atoms with van der Waals surface area (Å²) < 4.78 is 0.978.